The molecule has 0 radical (unpaired) electrons. The lowest BCUT2D eigenvalue weighted by atomic mass is 9.96. The van der Waals surface area contributed by atoms with Crippen molar-refractivity contribution in [2.75, 3.05) is 0 Å². The van der Waals surface area contributed by atoms with E-state index >= 15 is 0 Å². The standard InChI is InChI=1S/C13H12F3N3O/c14-13(15,16)6-11-18-12(20-19-11)10-5-8-3-1-2-4-9(8)7-17-10/h1-4,10,17H,5-7H2/t10-/m0/s1. The van der Waals surface area contributed by atoms with Gasteiger partial charge < -0.3 is 9.84 Å². The first-order chi connectivity index (χ1) is 9.51. The van der Waals surface area contributed by atoms with Crippen molar-refractivity contribution < 1.29 is 17.7 Å². The molecule has 0 bridgehead atoms. The third-order valence-corrected chi connectivity index (χ3v) is 3.22. The van der Waals surface area contributed by atoms with Crippen molar-refractivity contribution in [2.45, 2.75) is 31.6 Å². The summed E-state index contributed by atoms with van der Waals surface area (Å²) in [6.45, 7) is 0.637. The number of nitrogens with zero attached hydrogens (tertiary/aromatic N) is 2. The van der Waals surface area contributed by atoms with Crippen LogP contribution in [0.3, 0.4) is 0 Å². The van der Waals surface area contributed by atoms with Gasteiger partial charge in [0.2, 0.25) is 5.89 Å². The molecule has 1 atom stereocenters. The summed E-state index contributed by atoms with van der Waals surface area (Å²) < 4.78 is 41.7. The van der Waals surface area contributed by atoms with Gasteiger partial charge in [-0.2, -0.15) is 18.2 Å². The summed E-state index contributed by atoms with van der Waals surface area (Å²) in [6, 6.07) is 7.66. The number of aromatic nitrogens is 2. The Labute approximate surface area is 113 Å². The van der Waals surface area contributed by atoms with Gasteiger partial charge in [-0.15, -0.1) is 0 Å². The Hall–Kier alpha value is -1.89. The minimum Gasteiger partial charge on any atom is -0.338 e. The van der Waals surface area contributed by atoms with Gasteiger partial charge in [-0.25, -0.2) is 0 Å². The minimum absolute atomic E-state index is 0.207. The first-order valence-corrected chi connectivity index (χ1v) is 6.21. The van der Waals surface area contributed by atoms with Crippen LogP contribution in [0.25, 0.3) is 0 Å². The van der Waals surface area contributed by atoms with Gasteiger partial charge in [-0.05, 0) is 17.5 Å². The zero-order valence-electron chi connectivity index (χ0n) is 10.4. The molecule has 1 aromatic heterocycles. The number of rotatable bonds is 2. The Kier molecular flexibility index (Phi) is 3.21. The van der Waals surface area contributed by atoms with E-state index in [1.54, 1.807) is 0 Å². The van der Waals surface area contributed by atoms with Crippen molar-refractivity contribution in [1.82, 2.24) is 15.5 Å². The van der Waals surface area contributed by atoms with Crippen LogP contribution in [0, 0.1) is 0 Å². The van der Waals surface area contributed by atoms with Crippen LogP contribution in [0.1, 0.15) is 28.9 Å². The number of nitrogens with one attached hydrogen (secondary N) is 1. The van der Waals surface area contributed by atoms with Gasteiger partial charge in [-0.1, -0.05) is 29.4 Å². The van der Waals surface area contributed by atoms with Crippen LogP contribution in [-0.4, -0.2) is 16.3 Å². The normalized spacial score (nSPS) is 18.9. The summed E-state index contributed by atoms with van der Waals surface area (Å²) >= 11 is 0. The van der Waals surface area contributed by atoms with Crippen molar-refractivity contribution >= 4 is 0 Å². The maximum absolute atomic E-state index is 12.3. The summed E-state index contributed by atoms with van der Waals surface area (Å²) in [5.41, 5.74) is 2.32. The SMILES string of the molecule is FC(F)(F)Cc1noc([C@@H]2Cc3ccccc3CN2)n1. The molecule has 1 N–H and O–H groups in total. The number of benzene rings is 1. The highest BCUT2D eigenvalue weighted by molar-refractivity contribution is 5.30. The molecule has 0 amide bonds. The zero-order chi connectivity index (χ0) is 14.2. The second kappa shape index (κ2) is 4.90. The lowest BCUT2D eigenvalue weighted by Crippen LogP contribution is -2.28. The Morgan fingerprint density at radius 1 is 1.25 bits per heavy atom. The lowest BCUT2D eigenvalue weighted by molar-refractivity contribution is -0.128. The molecule has 2 heterocycles. The highest BCUT2D eigenvalue weighted by Crippen LogP contribution is 2.26. The van der Waals surface area contributed by atoms with Crippen molar-refractivity contribution in [3.63, 3.8) is 0 Å². The molecule has 3 rings (SSSR count). The molecule has 0 saturated carbocycles. The Morgan fingerprint density at radius 3 is 2.75 bits per heavy atom. The van der Waals surface area contributed by atoms with Gasteiger partial charge in [0.15, 0.2) is 5.82 Å². The number of halogens is 3. The monoisotopic (exact) mass is 283 g/mol. The molecule has 1 aliphatic heterocycles. The molecule has 0 spiro atoms. The van der Waals surface area contributed by atoms with Crippen molar-refractivity contribution in [2.24, 2.45) is 0 Å². The molecule has 20 heavy (non-hydrogen) atoms. The topological polar surface area (TPSA) is 51.0 Å². The van der Waals surface area contributed by atoms with Gasteiger partial charge in [0.25, 0.3) is 0 Å². The molecule has 0 saturated heterocycles. The summed E-state index contributed by atoms with van der Waals surface area (Å²) in [5, 5.41) is 6.58. The van der Waals surface area contributed by atoms with E-state index in [0.717, 1.165) is 5.56 Å². The van der Waals surface area contributed by atoms with Crippen LogP contribution in [0.15, 0.2) is 28.8 Å². The van der Waals surface area contributed by atoms with E-state index in [9.17, 15) is 13.2 Å². The summed E-state index contributed by atoms with van der Waals surface area (Å²) in [5.74, 6) is -0.119. The molecule has 0 unspecified atom stereocenters. The number of hydrogen-bond donors (Lipinski definition) is 1. The van der Waals surface area contributed by atoms with Crippen LogP contribution < -0.4 is 5.32 Å². The molecular weight excluding hydrogens is 271 g/mol. The van der Waals surface area contributed by atoms with E-state index in [-0.39, 0.29) is 17.8 Å². The van der Waals surface area contributed by atoms with Crippen LogP contribution in [-0.2, 0) is 19.4 Å². The van der Waals surface area contributed by atoms with Crippen LogP contribution in [0.2, 0.25) is 0 Å². The second-order valence-electron chi connectivity index (χ2n) is 4.75. The maximum Gasteiger partial charge on any atom is 0.396 e. The number of alkyl halides is 3. The number of hydrogen-bond acceptors (Lipinski definition) is 4. The number of fused-ring (bicyclic) bond motifs is 1. The molecule has 1 aromatic carbocycles. The molecule has 1 aliphatic rings. The van der Waals surface area contributed by atoms with E-state index in [1.807, 2.05) is 24.3 Å². The Balaban J connectivity index is 1.75. The maximum atomic E-state index is 12.3. The third-order valence-electron chi connectivity index (χ3n) is 3.22. The molecule has 4 nitrogen and oxygen atoms in total. The van der Waals surface area contributed by atoms with Gasteiger partial charge in [-0.3, -0.25) is 0 Å². The molecular formula is C13H12F3N3O. The minimum atomic E-state index is -4.33. The van der Waals surface area contributed by atoms with E-state index < -0.39 is 12.6 Å². The quantitative estimate of drug-likeness (QED) is 0.920. The van der Waals surface area contributed by atoms with Crippen LogP contribution >= 0.6 is 0 Å². The average Bonchev–Trinajstić information content (AvgIpc) is 2.84. The van der Waals surface area contributed by atoms with Crippen molar-refractivity contribution in [1.29, 1.82) is 0 Å². The highest BCUT2D eigenvalue weighted by atomic mass is 19.4. The zero-order valence-corrected chi connectivity index (χ0v) is 10.4. The van der Waals surface area contributed by atoms with Gasteiger partial charge in [0.05, 0.1) is 6.04 Å². The first-order valence-electron chi connectivity index (χ1n) is 6.21. The van der Waals surface area contributed by atoms with E-state index in [2.05, 4.69) is 15.5 Å². The summed E-state index contributed by atoms with van der Waals surface area (Å²) in [7, 11) is 0. The molecule has 0 aliphatic carbocycles. The Bertz CT molecular complexity index is 609. The first kappa shape index (κ1) is 13.1. The van der Waals surface area contributed by atoms with E-state index in [4.69, 9.17) is 4.52 Å². The fourth-order valence-electron chi connectivity index (χ4n) is 2.29. The van der Waals surface area contributed by atoms with Crippen LogP contribution in [0.5, 0.6) is 0 Å². The van der Waals surface area contributed by atoms with E-state index in [0.29, 0.717) is 13.0 Å². The molecule has 106 valence electrons. The predicted octanol–water partition coefficient (Wildman–Crippen LogP) is 2.56. The largest absolute Gasteiger partial charge is 0.396 e. The van der Waals surface area contributed by atoms with Gasteiger partial charge in [0, 0.05) is 6.54 Å². The van der Waals surface area contributed by atoms with Crippen molar-refractivity contribution in [3.05, 3.63) is 47.1 Å². The summed E-state index contributed by atoms with van der Waals surface area (Å²) in [4.78, 5) is 3.83. The smallest absolute Gasteiger partial charge is 0.338 e. The average molecular weight is 283 g/mol. The molecule has 2 aromatic rings. The van der Waals surface area contributed by atoms with Gasteiger partial charge >= 0.3 is 6.18 Å². The lowest BCUT2D eigenvalue weighted by Gasteiger charge is -2.23. The fraction of sp³-hybridized carbons (Fsp3) is 0.385. The van der Waals surface area contributed by atoms with E-state index in [1.165, 1.54) is 5.56 Å². The highest BCUT2D eigenvalue weighted by Gasteiger charge is 2.32. The molecule has 7 heteroatoms. The van der Waals surface area contributed by atoms with Crippen molar-refractivity contribution in [3.8, 4) is 0 Å². The third kappa shape index (κ3) is 2.82. The predicted molar refractivity (Wildman–Crippen MR) is 63.8 cm³/mol. The summed E-state index contributed by atoms with van der Waals surface area (Å²) in [6.07, 6.45) is -4.86. The fourth-order valence-corrected chi connectivity index (χ4v) is 2.29. The van der Waals surface area contributed by atoms with Crippen LogP contribution in [0.4, 0.5) is 13.2 Å². The molecule has 0 fully saturated rings. The Morgan fingerprint density at radius 2 is 2.00 bits per heavy atom. The second-order valence-corrected chi connectivity index (χ2v) is 4.75. The van der Waals surface area contributed by atoms with Gasteiger partial charge in [0.1, 0.15) is 6.42 Å².